The standard InChI is InChI=1S/C60H96N8O42P8/c1-40-36-67(43(4)63-57(40)72)54-34-49(69)52(104-54)39-102-114(82,83)107-116(86,87)109-118(90,91)110-117(88,89)108-115(84,85)106-113(80,81)97-21-8-6-5-7-19-61-53(71)18-22-92-24-25-93-26-27-94-28-29-95-30-31-96-45-14-12-44(13-15-45)56-48-11-9-10-46(16-17-47(48)42(3)65-66-56)103-60(75)62-20-23-98-111(76,77)99-32-33-100-112(78,79)101-38-51-50(70)35-55(105-51)68-37-41(2)58(73)64-59(68)74/h12-15,36-37,46,49-52,54-55,69-70H,4-11,16-35,38-39H2,1-3H3,(H,61,71)(H,62,75)(H,63,72)(H,76,77)(H,78,79)(H,80,81)(H,82,83)(H,84,85)(H,86,87)(H,88,89)(H,90,91)(H,64,73,74)/p-8/t46?,49?,50?,51-,52-,54-,55-/m1/s1. The third-order valence-electron chi connectivity index (χ3n) is 16.6. The van der Waals surface area contributed by atoms with Crippen molar-refractivity contribution in [3.05, 3.63) is 97.9 Å². The van der Waals surface area contributed by atoms with Gasteiger partial charge in [-0.1, -0.05) is 19.4 Å². The van der Waals surface area contributed by atoms with Crippen molar-refractivity contribution in [1.29, 1.82) is 0 Å². The molecule has 3 amide bonds. The number of carbonyl (C=O) groups excluding carboxylic acids is 3. The molecule has 15 atom stereocenters. The first-order valence-corrected chi connectivity index (χ1v) is 47.6. The second kappa shape index (κ2) is 46.7. The minimum Gasteiger partial charge on any atom is -0.756 e. The number of aryl methyl sites for hydroxylation is 2. The van der Waals surface area contributed by atoms with E-state index in [9.17, 15) is 110 Å². The molecular formula is C60H88N8O42P8-8. The van der Waals surface area contributed by atoms with Crippen molar-refractivity contribution in [2.24, 2.45) is 0 Å². The zero-order valence-electron chi connectivity index (χ0n) is 63.3. The molecule has 2 aromatic heterocycles. The molecule has 118 heavy (non-hydrogen) atoms. The van der Waals surface area contributed by atoms with Crippen molar-refractivity contribution >= 4 is 80.5 Å². The summed E-state index contributed by atoms with van der Waals surface area (Å²) in [5, 5.41) is 37.1. The highest BCUT2D eigenvalue weighted by molar-refractivity contribution is 7.71. The van der Waals surface area contributed by atoms with Gasteiger partial charge in [-0.05, 0) is 101 Å². The molecule has 1 aromatic carbocycles. The van der Waals surface area contributed by atoms with Gasteiger partial charge >= 0.3 is 11.8 Å². The van der Waals surface area contributed by atoms with Gasteiger partial charge in [0.2, 0.25) is 5.91 Å². The van der Waals surface area contributed by atoms with Crippen LogP contribution in [0.4, 0.5) is 4.79 Å². The largest absolute Gasteiger partial charge is 0.756 e. The summed E-state index contributed by atoms with van der Waals surface area (Å²) >= 11 is 0. The number of hydrogen-bond acceptors (Lipinski definition) is 45. The van der Waals surface area contributed by atoms with E-state index in [0.717, 1.165) is 27.0 Å². The zero-order chi connectivity index (χ0) is 86.7. The first-order chi connectivity index (χ1) is 55.4. The van der Waals surface area contributed by atoms with Crippen LogP contribution in [0.5, 0.6) is 5.75 Å². The van der Waals surface area contributed by atoms with E-state index < -0.39 is 168 Å². The van der Waals surface area contributed by atoms with Crippen molar-refractivity contribution in [3.63, 3.8) is 0 Å². The maximum atomic E-state index is 12.7. The SMILES string of the molecule is C=C1NC(=O)C(C)=CN1[C@H]1CC(O)[C@@H](COP(=O)([O-])OP(=O)([O-])OP(=O)([O-])OP(=O)([O-])OP(=O)([O-])OP(=O)([O-])OCCCCCCNC(=O)CCOCCOCCOCCOCCOc2ccc(-c3nnc(C)c4c3CCCC(OC(=O)NCCOP(=O)([O-])OCCOP(=O)([O-])OC[C@H]3O[C@@H](n5cc(C)c(=O)[nH]c5=O)CC3O)CC4)cc2)O1. The lowest BCUT2D eigenvalue weighted by Crippen LogP contribution is -2.42. The summed E-state index contributed by atoms with van der Waals surface area (Å²) in [6.45, 7) is 5.64. The second-order valence-electron chi connectivity index (χ2n) is 25.7. The number of ether oxygens (including phenoxy) is 8. The third-order valence-corrected chi connectivity index (χ3v) is 27.5. The number of alkyl carbamates (subject to hydrolysis) is 1. The van der Waals surface area contributed by atoms with Crippen LogP contribution in [0, 0.1) is 13.8 Å². The predicted molar refractivity (Wildman–Crippen MR) is 381 cm³/mol. The van der Waals surface area contributed by atoms with Crippen molar-refractivity contribution in [2.75, 3.05) is 112 Å². The molecular weight excluding hydrogens is 1750 g/mol. The Morgan fingerprint density at radius 1 is 0.568 bits per heavy atom. The number of nitrogens with one attached hydrogen (secondary N) is 4. The van der Waals surface area contributed by atoms with Crippen LogP contribution in [-0.4, -0.2) is 202 Å². The lowest BCUT2D eigenvalue weighted by molar-refractivity contribution is -0.257. The predicted octanol–water partition coefficient (Wildman–Crippen LogP) is -0.953. The molecule has 0 saturated carbocycles. The Bertz CT molecular complexity index is 4430. The molecule has 0 spiro atoms. The number of rotatable bonds is 53. The van der Waals surface area contributed by atoms with Gasteiger partial charge in [0, 0.05) is 61.4 Å². The number of hydrogen-bond donors (Lipinski definition) is 6. The Hall–Kier alpha value is -4.97. The zero-order valence-corrected chi connectivity index (χ0v) is 70.5. The van der Waals surface area contributed by atoms with Gasteiger partial charge in [0.1, 0.15) is 48.9 Å². The van der Waals surface area contributed by atoms with Crippen molar-refractivity contribution < 1.29 is 187 Å². The van der Waals surface area contributed by atoms with E-state index in [1.165, 1.54) is 31.1 Å². The molecule has 3 aliphatic heterocycles. The molecule has 5 heterocycles. The summed E-state index contributed by atoms with van der Waals surface area (Å²) in [5.74, 6) is -0.222. The minimum absolute atomic E-state index is 0.0115. The highest BCUT2D eigenvalue weighted by Crippen LogP contribution is 2.71. The first kappa shape index (κ1) is 100. The summed E-state index contributed by atoms with van der Waals surface area (Å²) < 4.78 is 187. The molecule has 668 valence electrons. The fourth-order valence-corrected chi connectivity index (χ4v) is 20.0. The molecule has 6 N–H and O–H groups in total. The fourth-order valence-electron chi connectivity index (χ4n) is 11.1. The number of H-pyrrole nitrogens is 1. The van der Waals surface area contributed by atoms with E-state index >= 15 is 0 Å². The molecule has 4 aliphatic rings. The van der Waals surface area contributed by atoms with E-state index in [1.807, 2.05) is 31.2 Å². The number of unbranched alkanes of at least 4 members (excludes halogenated alkanes) is 3. The van der Waals surface area contributed by atoms with Crippen molar-refractivity contribution in [1.82, 2.24) is 40.6 Å². The second-order valence-corrected chi connectivity index (χ2v) is 37.7. The molecule has 2 saturated heterocycles. The van der Waals surface area contributed by atoms with E-state index in [4.69, 9.17) is 46.9 Å². The Morgan fingerprint density at radius 3 is 1.68 bits per heavy atom. The Morgan fingerprint density at radius 2 is 1.08 bits per heavy atom. The van der Waals surface area contributed by atoms with Gasteiger partial charge in [0.25, 0.3) is 74.0 Å². The van der Waals surface area contributed by atoms with E-state index in [1.54, 1.807) is 0 Å². The number of aromatic nitrogens is 4. The summed E-state index contributed by atoms with van der Waals surface area (Å²) in [5.41, 5.74) is 3.25. The lowest BCUT2D eigenvalue weighted by atomic mass is 9.89. The summed E-state index contributed by atoms with van der Waals surface area (Å²) in [4.78, 5) is 161. The average Bonchev–Trinajstić information content (AvgIpc) is 1.32. The van der Waals surface area contributed by atoms with Crippen LogP contribution in [0.2, 0.25) is 0 Å². The topological polar surface area (TPSA) is 708 Å². The molecule has 2 fully saturated rings. The van der Waals surface area contributed by atoms with Crippen molar-refractivity contribution in [2.45, 2.75) is 141 Å². The number of phosphoric ester groups is 4. The number of carbonyl (C=O) groups is 3. The quantitative estimate of drug-likeness (QED) is 0.0293. The summed E-state index contributed by atoms with van der Waals surface area (Å²) in [7, 11) is -49.6. The van der Waals surface area contributed by atoms with Crippen LogP contribution < -0.4 is 71.1 Å². The summed E-state index contributed by atoms with van der Waals surface area (Å²) in [6, 6.07) is 7.38. The number of benzene rings is 1. The summed E-state index contributed by atoms with van der Waals surface area (Å²) in [6.07, 6.45) is -2.94. The molecule has 58 heteroatoms. The molecule has 50 nitrogen and oxygen atoms in total. The van der Waals surface area contributed by atoms with Gasteiger partial charge < -0.3 is 135 Å². The minimum atomic E-state index is -6.96. The van der Waals surface area contributed by atoms with E-state index in [0.29, 0.717) is 69.6 Å². The Kier molecular flexibility index (Phi) is 39.6. The smallest absolute Gasteiger partial charge is 0.407 e. The number of fused-ring (bicyclic) bond motifs is 1. The van der Waals surface area contributed by atoms with Gasteiger partial charge in [0.05, 0.1) is 116 Å². The van der Waals surface area contributed by atoms with Gasteiger partial charge in [-0.15, -0.1) is 5.10 Å². The molecule has 0 radical (unpaired) electrons. The lowest BCUT2D eigenvalue weighted by Gasteiger charge is -2.38. The number of aromatic amines is 1. The van der Waals surface area contributed by atoms with Crippen LogP contribution in [0.25, 0.3) is 11.3 Å². The highest BCUT2D eigenvalue weighted by Gasteiger charge is 2.41. The van der Waals surface area contributed by atoms with Gasteiger partial charge in [-0.2, -0.15) is 5.10 Å². The first-order valence-electron chi connectivity index (χ1n) is 35.9. The van der Waals surface area contributed by atoms with Crippen LogP contribution in [0.1, 0.15) is 99.7 Å². The normalized spacial score (nSPS) is 23.2. The molecule has 7 rings (SSSR count). The van der Waals surface area contributed by atoms with Gasteiger partial charge in [0.15, 0.2) is 0 Å². The van der Waals surface area contributed by atoms with E-state index in [-0.39, 0.29) is 114 Å². The van der Waals surface area contributed by atoms with Crippen LogP contribution >= 0.6 is 62.6 Å². The third kappa shape index (κ3) is 35.7. The molecule has 3 aromatic rings. The monoisotopic (exact) mass is 1840 g/mol. The number of amides is 3. The number of phosphoric acid groups is 8. The van der Waals surface area contributed by atoms with Crippen LogP contribution in [-0.2, 0) is 141 Å². The van der Waals surface area contributed by atoms with Crippen LogP contribution in [0.15, 0.2) is 64.2 Å². The molecule has 0 bridgehead atoms. The average molecular weight is 1840 g/mol. The highest BCUT2D eigenvalue weighted by atomic mass is 31.3. The Labute approximate surface area is 673 Å². The van der Waals surface area contributed by atoms with Gasteiger partial charge in [-0.25, -0.2) is 31.1 Å². The number of aliphatic hydroxyl groups is 2. The fraction of sp³-hybridized carbons (Fsp3) is 0.650. The number of aliphatic hydroxyl groups excluding tert-OH is 2. The van der Waals surface area contributed by atoms with E-state index in [2.05, 4.69) is 77.4 Å². The molecule has 11 unspecified atom stereocenters. The van der Waals surface area contributed by atoms with Crippen LogP contribution in [0.3, 0.4) is 0 Å². The number of nitrogens with zero attached hydrogens (tertiary/aromatic N) is 4. The van der Waals surface area contributed by atoms with Crippen molar-refractivity contribution in [3.8, 4) is 17.0 Å². The molecule has 1 aliphatic carbocycles. The maximum Gasteiger partial charge on any atom is 0.407 e. The Balaban J connectivity index is 0.637. The maximum absolute atomic E-state index is 12.7. The van der Waals surface area contributed by atoms with Gasteiger partial charge in [-0.3, -0.25) is 60.5 Å².